The summed E-state index contributed by atoms with van der Waals surface area (Å²) in [6, 6.07) is 7.43. The molecule has 0 aliphatic heterocycles. The summed E-state index contributed by atoms with van der Waals surface area (Å²) in [5, 5.41) is 7.09. The standard InChI is InChI=1S/C16H20N4O2/c1-3-20-10-8-14(19-20)18-15(21)16(17)9-7-11-12(16)5-4-6-13(11)22-2/h4-6,8,10H,3,7,9,17H2,1-2H3,(H,18,19,21). The molecule has 3 N–H and O–H groups in total. The topological polar surface area (TPSA) is 82.2 Å². The van der Waals surface area contributed by atoms with Crippen molar-refractivity contribution < 1.29 is 9.53 Å². The first-order valence-corrected chi connectivity index (χ1v) is 7.38. The van der Waals surface area contributed by atoms with E-state index in [0.29, 0.717) is 12.2 Å². The second-order valence-electron chi connectivity index (χ2n) is 5.47. The summed E-state index contributed by atoms with van der Waals surface area (Å²) < 4.78 is 7.12. The third-order valence-electron chi connectivity index (χ3n) is 4.21. The quantitative estimate of drug-likeness (QED) is 0.899. The molecule has 0 radical (unpaired) electrons. The van der Waals surface area contributed by atoms with Gasteiger partial charge in [0.25, 0.3) is 0 Å². The lowest BCUT2D eigenvalue weighted by molar-refractivity contribution is -0.121. The minimum absolute atomic E-state index is 0.235. The van der Waals surface area contributed by atoms with E-state index < -0.39 is 5.54 Å². The van der Waals surface area contributed by atoms with Crippen molar-refractivity contribution in [2.75, 3.05) is 12.4 Å². The number of nitrogens with zero attached hydrogens (tertiary/aromatic N) is 2. The number of nitrogens with one attached hydrogen (secondary N) is 1. The van der Waals surface area contributed by atoms with E-state index in [0.717, 1.165) is 29.8 Å². The molecule has 116 valence electrons. The van der Waals surface area contributed by atoms with Crippen LogP contribution in [-0.4, -0.2) is 22.8 Å². The molecule has 1 atom stereocenters. The van der Waals surface area contributed by atoms with Crippen LogP contribution in [0, 0.1) is 0 Å². The summed E-state index contributed by atoms with van der Waals surface area (Å²) in [5.41, 5.74) is 7.23. The van der Waals surface area contributed by atoms with Gasteiger partial charge in [0.15, 0.2) is 5.82 Å². The van der Waals surface area contributed by atoms with Gasteiger partial charge in [0.05, 0.1) is 7.11 Å². The monoisotopic (exact) mass is 300 g/mol. The van der Waals surface area contributed by atoms with Crippen LogP contribution in [0.1, 0.15) is 24.5 Å². The average molecular weight is 300 g/mol. The normalized spacial score (nSPS) is 19.8. The third kappa shape index (κ3) is 2.25. The first-order valence-electron chi connectivity index (χ1n) is 7.38. The molecule has 2 aromatic rings. The Labute approximate surface area is 129 Å². The Kier molecular flexibility index (Phi) is 3.62. The summed E-state index contributed by atoms with van der Waals surface area (Å²) in [7, 11) is 1.63. The molecule has 22 heavy (non-hydrogen) atoms. The zero-order valence-corrected chi connectivity index (χ0v) is 12.8. The van der Waals surface area contributed by atoms with Crippen LogP contribution in [0.3, 0.4) is 0 Å². The number of nitrogens with two attached hydrogens (primary N) is 1. The lowest BCUT2D eigenvalue weighted by Crippen LogP contribution is -2.46. The Morgan fingerprint density at radius 2 is 2.32 bits per heavy atom. The van der Waals surface area contributed by atoms with Crippen molar-refractivity contribution in [2.45, 2.75) is 31.8 Å². The molecule has 1 aromatic heterocycles. The number of carbonyl (C=O) groups excluding carboxylic acids is 1. The lowest BCUT2D eigenvalue weighted by Gasteiger charge is -2.23. The maximum Gasteiger partial charge on any atom is 0.250 e. The van der Waals surface area contributed by atoms with Gasteiger partial charge in [-0.3, -0.25) is 9.48 Å². The molecule has 0 bridgehead atoms. The highest BCUT2D eigenvalue weighted by Crippen LogP contribution is 2.40. The number of amides is 1. The molecule has 3 rings (SSSR count). The van der Waals surface area contributed by atoms with Crippen LogP contribution in [0.25, 0.3) is 0 Å². The molecule has 1 aliphatic carbocycles. The summed E-state index contributed by atoms with van der Waals surface area (Å²) in [6.45, 7) is 2.74. The van der Waals surface area contributed by atoms with Crippen molar-refractivity contribution in [3.8, 4) is 5.75 Å². The predicted molar refractivity (Wildman–Crippen MR) is 83.7 cm³/mol. The van der Waals surface area contributed by atoms with Gasteiger partial charge in [0.2, 0.25) is 5.91 Å². The molecule has 0 fully saturated rings. The van der Waals surface area contributed by atoms with Gasteiger partial charge in [0, 0.05) is 18.8 Å². The molecule has 0 saturated carbocycles. The molecule has 1 aromatic carbocycles. The van der Waals surface area contributed by atoms with E-state index in [9.17, 15) is 4.79 Å². The van der Waals surface area contributed by atoms with Crippen molar-refractivity contribution in [2.24, 2.45) is 5.73 Å². The SMILES string of the molecule is CCn1ccc(NC(=O)C2(N)CCc3c(OC)cccc32)n1. The first kappa shape index (κ1) is 14.6. The van der Waals surface area contributed by atoms with Gasteiger partial charge in [-0.2, -0.15) is 5.10 Å². The molecule has 1 amide bonds. The van der Waals surface area contributed by atoms with E-state index in [4.69, 9.17) is 10.5 Å². The molecular formula is C16H20N4O2. The van der Waals surface area contributed by atoms with E-state index in [2.05, 4.69) is 10.4 Å². The van der Waals surface area contributed by atoms with Crippen molar-refractivity contribution in [1.82, 2.24) is 9.78 Å². The van der Waals surface area contributed by atoms with Gasteiger partial charge < -0.3 is 15.8 Å². The highest BCUT2D eigenvalue weighted by molar-refractivity contribution is 5.99. The lowest BCUT2D eigenvalue weighted by atomic mass is 9.92. The molecular weight excluding hydrogens is 280 g/mol. The molecule has 6 nitrogen and oxygen atoms in total. The van der Waals surface area contributed by atoms with E-state index in [-0.39, 0.29) is 5.91 Å². The van der Waals surface area contributed by atoms with Crippen molar-refractivity contribution in [3.63, 3.8) is 0 Å². The Balaban J connectivity index is 1.87. The van der Waals surface area contributed by atoms with Gasteiger partial charge in [0.1, 0.15) is 11.3 Å². The number of aryl methyl sites for hydroxylation is 1. The summed E-state index contributed by atoms with van der Waals surface area (Å²) in [6.07, 6.45) is 3.11. The second kappa shape index (κ2) is 5.46. The van der Waals surface area contributed by atoms with Gasteiger partial charge >= 0.3 is 0 Å². The molecule has 1 aliphatic rings. The molecule has 0 saturated heterocycles. The highest BCUT2D eigenvalue weighted by atomic mass is 16.5. The fraction of sp³-hybridized carbons (Fsp3) is 0.375. The summed E-state index contributed by atoms with van der Waals surface area (Å²) in [4.78, 5) is 12.7. The minimum Gasteiger partial charge on any atom is -0.496 e. The highest BCUT2D eigenvalue weighted by Gasteiger charge is 2.43. The maximum absolute atomic E-state index is 12.7. The number of ether oxygens (including phenoxy) is 1. The average Bonchev–Trinajstić information content (AvgIpc) is 3.13. The van der Waals surface area contributed by atoms with Gasteiger partial charge in [-0.05, 0) is 37.0 Å². The van der Waals surface area contributed by atoms with Crippen LogP contribution in [0.2, 0.25) is 0 Å². The van der Waals surface area contributed by atoms with Crippen molar-refractivity contribution in [1.29, 1.82) is 0 Å². The Bertz CT molecular complexity index is 710. The van der Waals surface area contributed by atoms with Crippen LogP contribution in [0.5, 0.6) is 5.75 Å². The Morgan fingerprint density at radius 1 is 1.50 bits per heavy atom. The number of rotatable bonds is 4. The Hall–Kier alpha value is -2.34. The van der Waals surface area contributed by atoms with E-state index in [1.165, 1.54) is 0 Å². The smallest absolute Gasteiger partial charge is 0.250 e. The molecule has 1 heterocycles. The van der Waals surface area contributed by atoms with Crippen LogP contribution in [0.4, 0.5) is 5.82 Å². The van der Waals surface area contributed by atoms with E-state index in [1.54, 1.807) is 17.9 Å². The number of benzene rings is 1. The molecule has 6 heteroatoms. The minimum atomic E-state index is -1.04. The summed E-state index contributed by atoms with van der Waals surface area (Å²) in [5.74, 6) is 1.07. The number of carbonyl (C=O) groups is 1. The number of hydrogen-bond donors (Lipinski definition) is 2. The number of anilines is 1. The van der Waals surface area contributed by atoms with Gasteiger partial charge in [-0.25, -0.2) is 0 Å². The summed E-state index contributed by atoms with van der Waals surface area (Å²) >= 11 is 0. The van der Waals surface area contributed by atoms with Gasteiger partial charge in [-0.1, -0.05) is 12.1 Å². The van der Waals surface area contributed by atoms with Crippen LogP contribution < -0.4 is 15.8 Å². The van der Waals surface area contributed by atoms with E-state index in [1.807, 2.05) is 31.3 Å². The number of aromatic nitrogens is 2. The predicted octanol–water partition coefficient (Wildman–Crippen LogP) is 1.65. The third-order valence-corrected chi connectivity index (χ3v) is 4.21. The molecule has 0 spiro atoms. The van der Waals surface area contributed by atoms with Gasteiger partial charge in [-0.15, -0.1) is 0 Å². The zero-order valence-electron chi connectivity index (χ0n) is 12.8. The fourth-order valence-corrected chi connectivity index (χ4v) is 2.96. The number of methoxy groups -OCH3 is 1. The number of hydrogen-bond acceptors (Lipinski definition) is 4. The van der Waals surface area contributed by atoms with Crippen molar-refractivity contribution >= 4 is 11.7 Å². The molecule has 1 unspecified atom stereocenters. The van der Waals surface area contributed by atoms with Crippen molar-refractivity contribution in [3.05, 3.63) is 41.6 Å². The zero-order chi connectivity index (χ0) is 15.7. The Morgan fingerprint density at radius 3 is 3.00 bits per heavy atom. The maximum atomic E-state index is 12.7. The number of fused-ring (bicyclic) bond motifs is 1. The fourth-order valence-electron chi connectivity index (χ4n) is 2.96. The van der Waals surface area contributed by atoms with Crippen LogP contribution in [0.15, 0.2) is 30.5 Å². The second-order valence-corrected chi connectivity index (χ2v) is 5.47. The van der Waals surface area contributed by atoms with Crippen LogP contribution >= 0.6 is 0 Å². The first-order chi connectivity index (χ1) is 10.6. The van der Waals surface area contributed by atoms with Crippen LogP contribution in [-0.2, 0) is 23.3 Å². The largest absolute Gasteiger partial charge is 0.496 e. The van der Waals surface area contributed by atoms with E-state index >= 15 is 0 Å².